The Hall–Kier alpha value is -1.33. The van der Waals surface area contributed by atoms with Gasteiger partial charge in [0.25, 0.3) is 5.19 Å². The van der Waals surface area contributed by atoms with Gasteiger partial charge in [-0.05, 0) is 36.0 Å². The standard InChI is InChI=1S/C10H10ClN3OS/c1-6(7-2-4-8(11)5-3-7)15-10-14-13-9(12)16-10/h2-6H,1H3,(H2,12,13). The van der Waals surface area contributed by atoms with Crippen LogP contribution in [-0.2, 0) is 0 Å². The second-order valence-corrected chi connectivity index (χ2v) is 4.63. The third-order valence-corrected chi connectivity index (χ3v) is 2.93. The van der Waals surface area contributed by atoms with Gasteiger partial charge in [-0.1, -0.05) is 28.8 Å². The monoisotopic (exact) mass is 255 g/mol. The number of nitrogens with two attached hydrogens (primary N) is 1. The number of rotatable bonds is 3. The predicted molar refractivity (Wildman–Crippen MR) is 64.8 cm³/mol. The molecule has 1 unspecified atom stereocenters. The molecule has 0 radical (unpaired) electrons. The van der Waals surface area contributed by atoms with Crippen molar-refractivity contribution in [3.63, 3.8) is 0 Å². The van der Waals surface area contributed by atoms with E-state index in [4.69, 9.17) is 22.1 Å². The van der Waals surface area contributed by atoms with Crippen molar-refractivity contribution in [2.24, 2.45) is 0 Å². The minimum absolute atomic E-state index is 0.107. The molecule has 0 saturated carbocycles. The topological polar surface area (TPSA) is 61.0 Å². The third kappa shape index (κ3) is 2.62. The van der Waals surface area contributed by atoms with Crippen LogP contribution in [0.15, 0.2) is 24.3 Å². The summed E-state index contributed by atoms with van der Waals surface area (Å²) in [6.45, 7) is 1.93. The highest BCUT2D eigenvalue weighted by Gasteiger charge is 2.10. The van der Waals surface area contributed by atoms with Gasteiger partial charge in [0.2, 0.25) is 5.13 Å². The van der Waals surface area contributed by atoms with E-state index in [1.807, 2.05) is 31.2 Å². The second-order valence-electron chi connectivity index (χ2n) is 3.22. The first-order valence-electron chi connectivity index (χ1n) is 4.66. The number of hydrogen-bond donors (Lipinski definition) is 1. The van der Waals surface area contributed by atoms with Gasteiger partial charge in [-0.15, -0.1) is 5.10 Å². The smallest absolute Gasteiger partial charge is 0.296 e. The highest BCUT2D eigenvalue weighted by molar-refractivity contribution is 7.16. The first-order chi connectivity index (χ1) is 7.65. The summed E-state index contributed by atoms with van der Waals surface area (Å²) in [5, 5.41) is 9.05. The molecule has 6 heteroatoms. The van der Waals surface area contributed by atoms with E-state index >= 15 is 0 Å². The minimum Gasteiger partial charge on any atom is -0.461 e. The molecule has 1 heterocycles. The fraction of sp³-hybridized carbons (Fsp3) is 0.200. The highest BCUT2D eigenvalue weighted by atomic mass is 35.5. The summed E-state index contributed by atoms with van der Waals surface area (Å²) < 4.78 is 5.58. The lowest BCUT2D eigenvalue weighted by molar-refractivity contribution is 0.224. The first-order valence-corrected chi connectivity index (χ1v) is 5.85. The van der Waals surface area contributed by atoms with Gasteiger partial charge in [0, 0.05) is 5.02 Å². The van der Waals surface area contributed by atoms with E-state index in [0.717, 1.165) is 5.56 Å². The van der Waals surface area contributed by atoms with E-state index in [1.54, 1.807) is 0 Å². The van der Waals surface area contributed by atoms with E-state index in [2.05, 4.69) is 10.2 Å². The number of nitrogens with zero attached hydrogens (tertiary/aromatic N) is 2. The summed E-state index contributed by atoms with van der Waals surface area (Å²) >= 11 is 7.02. The summed E-state index contributed by atoms with van der Waals surface area (Å²) in [4.78, 5) is 0. The second kappa shape index (κ2) is 4.67. The molecule has 16 heavy (non-hydrogen) atoms. The zero-order chi connectivity index (χ0) is 11.5. The van der Waals surface area contributed by atoms with Crippen LogP contribution in [0.5, 0.6) is 5.19 Å². The molecule has 1 aromatic carbocycles. The zero-order valence-electron chi connectivity index (χ0n) is 8.55. The number of nitrogen functional groups attached to an aromatic ring is 1. The van der Waals surface area contributed by atoms with Gasteiger partial charge in [0.05, 0.1) is 0 Å². The molecule has 0 bridgehead atoms. The van der Waals surface area contributed by atoms with Crippen LogP contribution >= 0.6 is 22.9 Å². The van der Waals surface area contributed by atoms with Gasteiger partial charge in [-0.3, -0.25) is 0 Å². The van der Waals surface area contributed by atoms with E-state index in [0.29, 0.717) is 15.3 Å². The Balaban J connectivity index is 2.08. The summed E-state index contributed by atoms with van der Waals surface area (Å²) in [6.07, 6.45) is -0.107. The van der Waals surface area contributed by atoms with Gasteiger partial charge in [0.15, 0.2) is 0 Å². The normalized spacial score (nSPS) is 12.4. The van der Waals surface area contributed by atoms with Gasteiger partial charge in [-0.2, -0.15) is 0 Å². The summed E-state index contributed by atoms with van der Waals surface area (Å²) in [7, 11) is 0. The molecule has 0 aliphatic heterocycles. The van der Waals surface area contributed by atoms with Crippen molar-refractivity contribution in [3.05, 3.63) is 34.9 Å². The molecular weight excluding hydrogens is 246 g/mol. The molecule has 2 aromatic rings. The van der Waals surface area contributed by atoms with Crippen molar-refractivity contribution in [1.29, 1.82) is 0 Å². The van der Waals surface area contributed by atoms with Crippen LogP contribution in [0.4, 0.5) is 5.13 Å². The zero-order valence-corrected chi connectivity index (χ0v) is 10.1. The van der Waals surface area contributed by atoms with Crippen LogP contribution in [0.25, 0.3) is 0 Å². The molecule has 2 N–H and O–H groups in total. The molecule has 4 nitrogen and oxygen atoms in total. The summed E-state index contributed by atoms with van der Waals surface area (Å²) in [5.74, 6) is 0. The Morgan fingerprint density at radius 3 is 2.56 bits per heavy atom. The summed E-state index contributed by atoms with van der Waals surface area (Å²) in [5.41, 5.74) is 6.49. The average molecular weight is 256 g/mol. The molecule has 0 aliphatic carbocycles. The summed E-state index contributed by atoms with van der Waals surface area (Å²) in [6, 6.07) is 7.48. The SMILES string of the molecule is CC(Oc1nnc(N)s1)c1ccc(Cl)cc1. The van der Waals surface area contributed by atoms with Crippen molar-refractivity contribution in [2.45, 2.75) is 13.0 Å². The maximum absolute atomic E-state index is 5.80. The van der Waals surface area contributed by atoms with Crippen LogP contribution in [0, 0.1) is 0 Å². The van der Waals surface area contributed by atoms with Gasteiger partial charge < -0.3 is 10.5 Å². The van der Waals surface area contributed by atoms with Crippen molar-refractivity contribution < 1.29 is 4.74 Å². The number of ether oxygens (including phenoxy) is 1. The highest BCUT2D eigenvalue weighted by Crippen LogP contribution is 2.26. The molecular formula is C10H10ClN3OS. The Labute approximate surface area is 102 Å². The number of anilines is 1. The fourth-order valence-corrected chi connectivity index (χ4v) is 1.88. The maximum Gasteiger partial charge on any atom is 0.296 e. The molecule has 0 spiro atoms. The Morgan fingerprint density at radius 2 is 2.00 bits per heavy atom. The number of benzene rings is 1. The van der Waals surface area contributed by atoms with Crippen LogP contribution in [0.2, 0.25) is 5.02 Å². The maximum atomic E-state index is 5.80. The van der Waals surface area contributed by atoms with Crippen molar-refractivity contribution in [2.75, 3.05) is 5.73 Å². The Morgan fingerprint density at radius 1 is 1.31 bits per heavy atom. The minimum atomic E-state index is -0.107. The molecule has 1 atom stereocenters. The van der Waals surface area contributed by atoms with Crippen LogP contribution in [-0.4, -0.2) is 10.2 Å². The molecule has 0 aliphatic rings. The lowest BCUT2D eigenvalue weighted by atomic mass is 10.1. The Bertz CT molecular complexity index is 471. The third-order valence-electron chi connectivity index (χ3n) is 2.04. The molecule has 1 aromatic heterocycles. The number of aromatic nitrogens is 2. The lowest BCUT2D eigenvalue weighted by Crippen LogP contribution is -2.02. The van der Waals surface area contributed by atoms with E-state index in [-0.39, 0.29) is 6.10 Å². The fourth-order valence-electron chi connectivity index (χ4n) is 1.22. The molecule has 0 saturated heterocycles. The van der Waals surface area contributed by atoms with E-state index in [1.165, 1.54) is 11.3 Å². The van der Waals surface area contributed by atoms with E-state index < -0.39 is 0 Å². The van der Waals surface area contributed by atoms with Crippen molar-refractivity contribution >= 4 is 28.1 Å². The predicted octanol–water partition coefficient (Wildman–Crippen LogP) is 2.91. The number of halogens is 1. The molecule has 84 valence electrons. The largest absolute Gasteiger partial charge is 0.461 e. The molecule has 2 rings (SSSR count). The lowest BCUT2D eigenvalue weighted by Gasteiger charge is -2.11. The van der Waals surface area contributed by atoms with Gasteiger partial charge in [-0.25, -0.2) is 0 Å². The van der Waals surface area contributed by atoms with E-state index in [9.17, 15) is 0 Å². The van der Waals surface area contributed by atoms with Crippen LogP contribution in [0.3, 0.4) is 0 Å². The van der Waals surface area contributed by atoms with Crippen LogP contribution < -0.4 is 10.5 Å². The number of hydrogen-bond acceptors (Lipinski definition) is 5. The van der Waals surface area contributed by atoms with Crippen molar-refractivity contribution in [3.8, 4) is 5.19 Å². The average Bonchev–Trinajstić information content (AvgIpc) is 2.65. The van der Waals surface area contributed by atoms with Gasteiger partial charge in [0.1, 0.15) is 6.10 Å². The molecule has 0 fully saturated rings. The van der Waals surface area contributed by atoms with Crippen molar-refractivity contribution in [1.82, 2.24) is 10.2 Å². The quantitative estimate of drug-likeness (QED) is 0.916. The first kappa shape index (κ1) is 11.2. The van der Waals surface area contributed by atoms with Gasteiger partial charge >= 0.3 is 0 Å². The van der Waals surface area contributed by atoms with Crippen LogP contribution in [0.1, 0.15) is 18.6 Å². The Kier molecular flexibility index (Phi) is 3.26. The molecule has 0 amide bonds.